The molecule has 1 N–H and O–H groups in total. The number of aromatic nitrogens is 3. The van der Waals surface area contributed by atoms with Gasteiger partial charge in [-0.05, 0) is 43.9 Å². The van der Waals surface area contributed by atoms with Gasteiger partial charge in [0.25, 0.3) is 0 Å². The van der Waals surface area contributed by atoms with Crippen molar-refractivity contribution in [2.75, 3.05) is 46.2 Å². The van der Waals surface area contributed by atoms with E-state index < -0.39 is 12.1 Å². The summed E-state index contributed by atoms with van der Waals surface area (Å²) in [7, 11) is 0. The van der Waals surface area contributed by atoms with Crippen LogP contribution in [0.4, 0.5) is 41.2 Å². The van der Waals surface area contributed by atoms with Crippen molar-refractivity contribution in [1.82, 2.24) is 15.0 Å². The van der Waals surface area contributed by atoms with E-state index in [9.17, 15) is 18.0 Å². The third-order valence-electron chi connectivity index (χ3n) is 6.38. The van der Waals surface area contributed by atoms with E-state index in [1.54, 1.807) is 34.3 Å². The van der Waals surface area contributed by atoms with Gasteiger partial charge >= 0.3 is 12.2 Å². The summed E-state index contributed by atoms with van der Waals surface area (Å²) in [6.45, 7) is 1.95. The van der Waals surface area contributed by atoms with E-state index in [1.165, 1.54) is 0 Å². The Morgan fingerprint density at radius 3 is 2.56 bits per heavy atom. The molecule has 0 saturated carbocycles. The van der Waals surface area contributed by atoms with Crippen LogP contribution in [0.15, 0.2) is 30.6 Å². The number of hydrogen-bond acceptors (Lipinski definition) is 6. The van der Waals surface area contributed by atoms with Gasteiger partial charge in [0.2, 0.25) is 5.95 Å². The van der Waals surface area contributed by atoms with Gasteiger partial charge in [-0.25, -0.2) is 19.7 Å². The molecule has 2 saturated heterocycles. The van der Waals surface area contributed by atoms with Gasteiger partial charge in [-0.1, -0.05) is 0 Å². The summed E-state index contributed by atoms with van der Waals surface area (Å²) in [5.41, 5.74) is 0.818. The van der Waals surface area contributed by atoms with Crippen molar-refractivity contribution in [3.8, 4) is 0 Å². The Balaban J connectivity index is 1.47. The molecule has 5 heterocycles. The Morgan fingerprint density at radius 1 is 1.03 bits per heavy atom. The quantitative estimate of drug-likeness (QED) is 0.757. The fourth-order valence-corrected chi connectivity index (χ4v) is 4.82. The topological polar surface area (TPSA) is 77.5 Å². The van der Waals surface area contributed by atoms with Crippen molar-refractivity contribution >= 4 is 29.3 Å². The second kappa shape index (κ2) is 8.10. The van der Waals surface area contributed by atoms with Gasteiger partial charge < -0.3 is 9.80 Å². The molecular formula is C21H24F3N7O. The van der Waals surface area contributed by atoms with Gasteiger partial charge in [-0.15, -0.1) is 0 Å². The van der Waals surface area contributed by atoms with E-state index in [1.807, 2.05) is 6.07 Å². The summed E-state index contributed by atoms with van der Waals surface area (Å²) in [6, 6.07) is 4.83. The number of alkyl halides is 3. The normalized spacial score (nSPS) is 23.0. The number of nitrogens with zero attached hydrogens (tertiary/aromatic N) is 6. The van der Waals surface area contributed by atoms with Crippen LogP contribution in [0, 0.1) is 5.92 Å². The summed E-state index contributed by atoms with van der Waals surface area (Å²) in [5, 5.41) is 2.73. The molecule has 2 aromatic rings. The molecule has 32 heavy (non-hydrogen) atoms. The monoisotopic (exact) mass is 447 g/mol. The van der Waals surface area contributed by atoms with E-state index in [0.717, 1.165) is 25.1 Å². The van der Waals surface area contributed by atoms with E-state index in [-0.39, 0.29) is 31.0 Å². The number of carbonyl (C=O) groups excluding carboxylic acids is 1. The van der Waals surface area contributed by atoms with Crippen molar-refractivity contribution in [3.05, 3.63) is 30.6 Å². The molecule has 3 aliphatic heterocycles. The second-order valence-corrected chi connectivity index (χ2v) is 8.45. The smallest absolute Gasteiger partial charge is 0.366 e. The largest absolute Gasteiger partial charge is 0.393 e. The molecule has 2 aromatic heterocycles. The summed E-state index contributed by atoms with van der Waals surface area (Å²) in [4.78, 5) is 31.5. The fourth-order valence-electron chi connectivity index (χ4n) is 4.82. The Bertz CT molecular complexity index is 987. The average molecular weight is 447 g/mol. The minimum Gasteiger partial charge on any atom is -0.366 e. The van der Waals surface area contributed by atoms with E-state index in [4.69, 9.17) is 4.98 Å². The molecule has 2 atom stereocenters. The van der Waals surface area contributed by atoms with Crippen molar-refractivity contribution in [2.24, 2.45) is 5.92 Å². The average Bonchev–Trinajstić information content (AvgIpc) is 2.79. The van der Waals surface area contributed by atoms with Crippen molar-refractivity contribution in [2.45, 2.75) is 37.9 Å². The first-order valence-electron chi connectivity index (χ1n) is 10.8. The highest BCUT2D eigenvalue weighted by molar-refractivity contribution is 6.03. The summed E-state index contributed by atoms with van der Waals surface area (Å²) in [5.74, 6) is -0.238. The molecule has 0 spiro atoms. The first-order valence-corrected chi connectivity index (χ1v) is 10.8. The molecule has 11 heteroatoms. The zero-order chi connectivity index (χ0) is 22.3. The van der Waals surface area contributed by atoms with Crippen molar-refractivity contribution in [3.63, 3.8) is 0 Å². The van der Waals surface area contributed by atoms with Crippen LogP contribution in [0.1, 0.15) is 25.7 Å². The minimum atomic E-state index is -4.22. The number of piperidine rings is 2. The molecule has 5 rings (SSSR count). The highest BCUT2D eigenvalue weighted by Crippen LogP contribution is 2.40. The van der Waals surface area contributed by atoms with E-state index in [2.05, 4.69) is 20.2 Å². The molecule has 2 fully saturated rings. The van der Waals surface area contributed by atoms with Crippen LogP contribution in [0.3, 0.4) is 0 Å². The van der Waals surface area contributed by atoms with Gasteiger partial charge in [0.1, 0.15) is 5.82 Å². The Kier molecular flexibility index (Phi) is 5.26. The predicted octanol–water partition coefficient (Wildman–Crippen LogP) is 3.67. The molecule has 8 nitrogen and oxygen atoms in total. The van der Waals surface area contributed by atoms with E-state index in [0.29, 0.717) is 31.1 Å². The first-order chi connectivity index (χ1) is 15.4. The van der Waals surface area contributed by atoms with Crippen LogP contribution in [0.25, 0.3) is 0 Å². The van der Waals surface area contributed by atoms with Gasteiger partial charge in [0, 0.05) is 38.6 Å². The van der Waals surface area contributed by atoms with Crippen LogP contribution in [0.2, 0.25) is 0 Å². The Morgan fingerprint density at radius 2 is 1.78 bits per heavy atom. The standard InChI is InChI=1S/C21H24F3N7O/c22-21(23,24)14-4-1-11-30(12-14)17-7-6-16-18(27-17)31(15-5-2-10-29(16)13-15)20(32)28-19-25-8-3-9-26-19/h3,6-9,14-15H,1-2,4-5,10-13H2,(H,25,26,28,32). The molecule has 2 bridgehead atoms. The van der Waals surface area contributed by atoms with Crippen molar-refractivity contribution < 1.29 is 18.0 Å². The Labute approximate surface area is 183 Å². The maximum absolute atomic E-state index is 13.3. The lowest BCUT2D eigenvalue weighted by molar-refractivity contribution is -0.176. The summed E-state index contributed by atoms with van der Waals surface area (Å²) < 4.78 is 39.9. The maximum atomic E-state index is 13.3. The predicted molar refractivity (Wildman–Crippen MR) is 114 cm³/mol. The third-order valence-corrected chi connectivity index (χ3v) is 6.38. The van der Waals surface area contributed by atoms with Crippen LogP contribution >= 0.6 is 0 Å². The fraction of sp³-hybridized carbons (Fsp3) is 0.524. The van der Waals surface area contributed by atoms with Gasteiger partial charge in [0.05, 0.1) is 17.6 Å². The van der Waals surface area contributed by atoms with Crippen LogP contribution in [-0.4, -0.2) is 59.4 Å². The highest BCUT2D eigenvalue weighted by atomic mass is 19.4. The number of halogens is 3. The number of rotatable bonds is 2. The molecule has 170 valence electrons. The number of fused-ring (bicyclic) bond motifs is 4. The molecule has 0 aromatic carbocycles. The lowest BCUT2D eigenvalue weighted by atomic mass is 9.97. The SMILES string of the molecule is O=C(Nc1ncccn1)N1c2nc(N3CCCC(C(F)(F)F)C3)ccc2N2CCCC1C2. The second-order valence-electron chi connectivity index (χ2n) is 8.45. The third kappa shape index (κ3) is 3.91. The van der Waals surface area contributed by atoms with E-state index >= 15 is 0 Å². The van der Waals surface area contributed by atoms with Crippen molar-refractivity contribution in [1.29, 1.82) is 0 Å². The molecule has 3 aliphatic rings. The number of pyridine rings is 1. The van der Waals surface area contributed by atoms with Crippen LogP contribution < -0.4 is 20.0 Å². The molecule has 2 unspecified atom stereocenters. The van der Waals surface area contributed by atoms with Gasteiger partial charge in [-0.3, -0.25) is 10.2 Å². The lowest BCUT2D eigenvalue weighted by Gasteiger charge is -2.46. The zero-order valence-electron chi connectivity index (χ0n) is 17.4. The number of hydrogen-bond donors (Lipinski definition) is 1. The number of anilines is 4. The molecule has 2 amide bonds. The minimum absolute atomic E-state index is 0.0769. The molecular weight excluding hydrogens is 423 g/mol. The van der Waals surface area contributed by atoms with Crippen LogP contribution in [-0.2, 0) is 0 Å². The summed E-state index contributed by atoms with van der Waals surface area (Å²) in [6.07, 6.45) is 1.20. The first kappa shape index (κ1) is 20.8. The maximum Gasteiger partial charge on any atom is 0.393 e. The summed E-state index contributed by atoms with van der Waals surface area (Å²) >= 11 is 0. The zero-order valence-corrected chi connectivity index (χ0v) is 17.4. The number of amides is 2. The highest BCUT2D eigenvalue weighted by Gasteiger charge is 2.43. The molecule has 0 radical (unpaired) electrons. The number of carbonyl (C=O) groups is 1. The van der Waals surface area contributed by atoms with Gasteiger partial charge in [0.15, 0.2) is 5.82 Å². The van der Waals surface area contributed by atoms with Gasteiger partial charge in [-0.2, -0.15) is 13.2 Å². The number of nitrogens with one attached hydrogen (secondary N) is 1. The Hall–Kier alpha value is -3.11. The lowest BCUT2D eigenvalue weighted by Crippen LogP contribution is -2.56. The van der Waals surface area contributed by atoms with Crippen LogP contribution in [0.5, 0.6) is 0 Å². The number of urea groups is 1. The molecule has 0 aliphatic carbocycles.